The minimum atomic E-state index is -3.19. The summed E-state index contributed by atoms with van der Waals surface area (Å²) < 4.78 is 25.1. The lowest BCUT2D eigenvalue weighted by molar-refractivity contribution is 0.587. The van der Waals surface area contributed by atoms with Gasteiger partial charge in [0.15, 0.2) is 0 Å². The standard InChI is InChI=1S/C6H10ClN3O2S2/c1-14(11,12)9-2-6(13)5-3-10(7)4-8-5/h3-4,6,9,13H,2H2,1H3. The summed E-state index contributed by atoms with van der Waals surface area (Å²) in [7, 11) is -3.19. The van der Waals surface area contributed by atoms with Crippen molar-refractivity contribution >= 4 is 34.4 Å². The van der Waals surface area contributed by atoms with E-state index in [1.807, 2.05) is 0 Å². The van der Waals surface area contributed by atoms with Crippen LogP contribution in [0.4, 0.5) is 0 Å². The van der Waals surface area contributed by atoms with Crippen molar-refractivity contribution < 1.29 is 8.42 Å². The van der Waals surface area contributed by atoms with E-state index in [1.165, 1.54) is 10.4 Å². The van der Waals surface area contributed by atoms with Crippen LogP contribution in [-0.4, -0.2) is 30.3 Å². The van der Waals surface area contributed by atoms with Crippen LogP contribution in [0.3, 0.4) is 0 Å². The van der Waals surface area contributed by atoms with Crippen LogP contribution >= 0.6 is 24.4 Å². The Hall–Kier alpha value is -0.240. The SMILES string of the molecule is CS(=O)(=O)NCC(S)c1cn(Cl)cn1. The van der Waals surface area contributed by atoms with Crippen LogP contribution in [0, 0.1) is 0 Å². The zero-order valence-electron chi connectivity index (χ0n) is 7.38. The maximum Gasteiger partial charge on any atom is 0.208 e. The molecule has 0 aliphatic rings. The molecule has 8 heteroatoms. The molecular formula is C6H10ClN3O2S2. The summed E-state index contributed by atoms with van der Waals surface area (Å²) in [5.41, 5.74) is 0.625. The van der Waals surface area contributed by atoms with Crippen LogP contribution in [0.5, 0.6) is 0 Å². The maximum atomic E-state index is 10.8. The quantitative estimate of drug-likeness (QED) is 0.766. The van der Waals surface area contributed by atoms with Crippen molar-refractivity contribution in [1.82, 2.24) is 13.8 Å². The molecule has 0 saturated heterocycles. The van der Waals surface area contributed by atoms with E-state index in [0.29, 0.717) is 5.69 Å². The Morgan fingerprint density at radius 3 is 2.86 bits per heavy atom. The lowest BCUT2D eigenvalue weighted by Gasteiger charge is -2.07. The van der Waals surface area contributed by atoms with Crippen LogP contribution in [0.15, 0.2) is 12.5 Å². The summed E-state index contributed by atoms with van der Waals surface area (Å²) in [4.78, 5) is 3.94. The number of hydrogen-bond acceptors (Lipinski definition) is 4. The topological polar surface area (TPSA) is 64.0 Å². The van der Waals surface area contributed by atoms with Gasteiger partial charge in [-0.15, -0.1) is 0 Å². The van der Waals surface area contributed by atoms with Gasteiger partial charge in [0.25, 0.3) is 0 Å². The Morgan fingerprint density at radius 1 is 1.79 bits per heavy atom. The molecule has 0 fully saturated rings. The Bertz CT molecular complexity index is 403. The molecule has 1 N–H and O–H groups in total. The van der Waals surface area contributed by atoms with Gasteiger partial charge in [-0.25, -0.2) is 22.2 Å². The summed E-state index contributed by atoms with van der Waals surface area (Å²) in [6.07, 6.45) is 4.08. The molecule has 0 bridgehead atoms. The van der Waals surface area contributed by atoms with E-state index < -0.39 is 10.0 Å². The minimum absolute atomic E-state index is 0.190. The number of aromatic nitrogens is 2. The highest BCUT2D eigenvalue weighted by molar-refractivity contribution is 7.88. The van der Waals surface area contributed by atoms with E-state index in [-0.39, 0.29) is 11.8 Å². The van der Waals surface area contributed by atoms with E-state index in [4.69, 9.17) is 11.8 Å². The molecule has 0 saturated carbocycles. The first kappa shape index (κ1) is 11.8. The van der Waals surface area contributed by atoms with Gasteiger partial charge in [-0.2, -0.15) is 12.6 Å². The van der Waals surface area contributed by atoms with Gasteiger partial charge in [-0.1, -0.05) is 0 Å². The largest absolute Gasteiger partial charge is 0.248 e. The van der Waals surface area contributed by atoms with E-state index in [0.717, 1.165) is 6.26 Å². The molecule has 1 heterocycles. The molecule has 5 nitrogen and oxygen atoms in total. The third-order valence-corrected chi connectivity index (χ3v) is 2.78. The van der Waals surface area contributed by atoms with Crippen molar-refractivity contribution in [2.24, 2.45) is 0 Å². The van der Waals surface area contributed by atoms with Gasteiger partial charge in [0.05, 0.1) is 17.2 Å². The monoisotopic (exact) mass is 255 g/mol. The highest BCUT2D eigenvalue weighted by atomic mass is 35.5. The molecule has 0 amide bonds. The van der Waals surface area contributed by atoms with Crippen LogP contribution < -0.4 is 4.72 Å². The molecule has 0 radical (unpaired) electrons. The Balaban J connectivity index is 2.55. The lowest BCUT2D eigenvalue weighted by Crippen LogP contribution is -2.25. The average Bonchev–Trinajstić information content (AvgIpc) is 2.46. The van der Waals surface area contributed by atoms with Gasteiger partial charge in [0, 0.05) is 24.5 Å². The molecule has 1 aromatic rings. The maximum absolute atomic E-state index is 10.8. The van der Waals surface area contributed by atoms with Crippen molar-refractivity contribution in [3.8, 4) is 0 Å². The summed E-state index contributed by atoms with van der Waals surface area (Å²) in [6, 6.07) is 0. The molecular weight excluding hydrogens is 246 g/mol. The van der Waals surface area contributed by atoms with Gasteiger partial charge in [0.2, 0.25) is 10.0 Å². The molecule has 0 aliphatic heterocycles. The van der Waals surface area contributed by atoms with Crippen LogP contribution in [-0.2, 0) is 10.0 Å². The van der Waals surface area contributed by atoms with E-state index in [1.54, 1.807) is 6.20 Å². The highest BCUT2D eigenvalue weighted by Crippen LogP contribution is 2.16. The predicted octanol–water partition coefficient (Wildman–Crippen LogP) is 0.405. The fraction of sp³-hybridized carbons (Fsp3) is 0.500. The first-order chi connectivity index (χ1) is 6.38. The Kier molecular flexibility index (Phi) is 3.82. The van der Waals surface area contributed by atoms with Crippen molar-refractivity contribution in [3.63, 3.8) is 0 Å². The Labute approximate surface area is 93.0 Å². The van der Waals surface area contributed by atoms with Gasteiger partial charge >= 0.3 is 0 Å². The molecule has 1 aromatic heterocycles. The molecule has 0 aliphatic carbocycles. The van der Waals surface area contributed by atoms with Crippen LogP contribution in [0.2, 0.25) is 0 Å². The van der Waals surface area contributed by atoms with Gasteiger partial charge in [-0.3, -0.25) is 0 Å². The van der Waals surface area contributed by atoms with E-state index >= 15 is 0 Å². The molecule has 1 atom stereocenters. The number of imidazole rings is 1. The summed E-state index contributed by atoms with van der Waals surface area (Å²) >= 11 is 9.76. The number of rotatable bonds is 4. The first-order valence-electron chi connectivity index (χ1n) is 3.71. The van der Waals surface area contributed by atoms with Gasteiger partial charge in [-0.05, 0) is 0 Å². The number of halogens is 1. The molecule has 1 rings (SSSR count). The summed E-state index contributed by atoms with van der Waals surface area (Å²) in [5.74, 6) is 0. The first-order valence-corrected chi connectivity index (χ1v) is 6.46. The average molecular weight is 256 g/mol. The third-order valence-electron chi connectivity index (χ3n) is 1.45. The van der Waals surface area contributed by atoms with Gasteiger partial charge < -0.3 is 0 Å². The number of thiol groups is 1. The minimum Gasteiger partial charge on any atom is -0.248 e. The third kappa shape index (κ3) is 3.87. The second-order valence-electron chi connectivity index (χ2n) is 2.78. The summed E-state index contributed by atoms with van der Waals surface area (Å²) in [5, 5.41) is -0.301. The second-order valence-corrected chi connectivity index (χ2v) is 5.63. The number of hydrogen-bond donors (Lipinski definition) is 2. The highest BCUT2D eigenvalue weighted by Gasteiger charge is 2.11. The number of nitrogens with zero attached hydrogens (tertiary/aromatic N) is 2. The zero-order chi connectivity index (χ0) is 10.8. The molecule has 80 valence electrons. The molecule has 0 spiro atoms. The fourth-order valence-electron chi connectivity index (χ4n) is 0.822. The Morgan fingerprint density at radius 2 is 2.43 bits per heavy atom. The van der Waals surface area contributed by atoms with Crippen molar-refractivity contribution in [2.45, 2.75) is 5.25 Å². The summed E-state index contributed by atoms with van der Waals surface area (Å²) in [6.45, 7) is 0.190. The normalized spacial score (nSPS) is 14.2. The molecule has 1 unspecified atom stereocenters. The van der Waals surface area contributed by atoms with Crippen LogP contribution in [0.1, 0.15) is 10.9 Å². The number of nitrogens with one attached hydrogen (secondary N) is 1. The molecule has 14 heavy (non-hydrogen) atoms. The molecule has 0 aromatic carbocycles. The van der Waals surface area contributed by atoms with E-state index in [9.17, 15) is 8.42 Å². The van der Waals surface area contributed by atoms with E-state index in [2.05, 4.69) is 22.3 Å². The predicted molar refractivity (Wildman–Crippen MR) is 58.1 cm³/mol. The number of sulfonamides is 1. The van der Waals surface area contributed by atoms with Crippen molar-refractivity contribution in [3.05, 3.63) is 18.2 Å². The van der Waals surface area contributed by atoms with Gasteiger partial charge in [0.1, 0.15) is 6.33 Å². The van der Waals surface area contributed by atoms with Crippen molar-refractivity contribution in [2.75, 3.05) is 12.8 Å². The fourth-order valence-corrected chi connectivity index (χ4v) is 1.78. The zero-order valence-corrected chi connectivity index (χ0v) is 9.85. The second kappa shape index (κ2) is 4.52. The smallest absolute Gasteiger partial charge is 0.208 e. The van der Waals surface area contributed by atoms with Crippen LogP contribution in [0.25, 0.3) is 0 Å². The lowest BCUT2D eigenvalue weighted by atomic mass is 10.3. The van der Waals surface area contributed by atoms with Crippen molar-refractivity contribution in [1.29, 1.82) is 0 Å².